The average molecular weight is 429 g/mol. The zero-order chi connectivity index (χ0) is 19.1. The maximum absolute atomic E-state index is 6.21. The summed E-state index contributed by atoms with van der Waals surface area (Å²) in [6.45, 7) is 2.86. The van der Waals surface area contributed by atoms with Crippen molar-refractivity contribution in [1.29, 1.82) is 0 Å². The lowest BCUT2D eigenvalue weighted by molar-refractivity contribution is 0.309. The molecule has 0 saturated carbocycles. The fourth-order valence-corrected chi connectivity index (χ4v) is 2.51. The number of benzene rings is 1. The standard InChI is InChI=1S/C19H21BrN6O/c1-2-3-10-27-15-7-5-14(6-8-15)25-18-17(21)19(24-12-23-18)26-16-9-4-13(20)11-22-16/h4-9,11-12H,2-3,10,21H2,1H3,(H2,22,23,24,25,26). The van der Waals surface area contributed by atoms with Crippen LogP contribution in [0.15, 0.2) is 53.4 Å². The van der Waals surface area contributed by atoms with Gasteiger partial charge in [0.2, 0.25) is 0 Å². The molecule has 3 aromatic rings. The highest BCUT2D eigenvalue weighted by Crippen LogP contribution is 2.28. The Kier molecular flexibility index (Phi) is 6.43. The molecule has 2 heterocycles. The number of nitrogen functional groups attached to an aromatic ring is 1. The number of rotatable bonds is 8. The van der Waals surface area contributed by atoms with Crippen LogP contribution >= 0.6 is 15.9 Å². The number of ether oxygens (including phenoxy) is 1. The highest BCUT2D eigenvalue weighted by Gasteiger charge is 2.09. The molecular formula is C19H21BrN6O. The fraction of sp³-hybridized carbons (Fsp3) is 0.211. The first-order valence-corrected chi connectivity index (χ1v) is 9.44. The van der Waals surface area contributed by atoms with Gasteiger partial charge in [-0.3, -0.25) is 0 Å². The van der Waals surface area contributed by atoms with E-state index in [-0.39, 0.29) is 0 Å². The number of anilines is 5. The van der Waals surface area contributed by atoms with Gasteiger partial charge >= 0.3 is 0 Å². The van der Waals surface area contributed by atoms with Crippen molar-refractivity contribution < 1.29 is 4.74 Å². The number of aromatic nitrogens is 3. The Bertz CT molecular complexity index is 870. The SMILES string of the molecule is CCCCOc1ccc(Nc2ncnc(Nc3ccc(Br)cn3)c2N)cc1. The van der Waals surface area contributed by atoms with Crippen LogP contribution in [-0.4, -0.2) is 21.6 Å². The van der Waals surface area contributed by atoms with E-state index >= 15 is 0 Å². The Labute approximate surface area is 166 Å². The largest absolute Gasteiger partial charge is 0.494 e. The molecule has 0 amide bonds. The summed E-state index contributed by atoms with van der Waals surface area (Å²) in [5, 5.41) is 6.30. The first-order chi connectivity index (χ1) is 13.2. The van der Waals surface area contributed by atoms with Crippen molar-refractivity contribution in [3.05, 3.63) is 53.4 Å². The zero-order valence-electron chi connectivity index (χ0n) is 14.9. The van der Waals surface area contributed by atoms with Gasteiger partial charge in [0.15, 0.2) is 11.6 Å². The monoisotopic (exact) mass is 428 g/mol. The molecule has 0 bridgehead atoms. The lowest BCUT2D eigenvalue weighted by atomic mass is 10.3. The van der Waals surface area contributed by atoms with Crippen LogP contribution in [0.5, 0.6) is 5.75 Å². The summed E-state index contributed by atoms with van der Waals surface area (Å²) >= 11 is 3.36. The first kappa shape index (κ1) is 18.9. The minimum atomic E-state index is 0.408. The third-order valence-electron chi connectivity index (χ3n) is 3.74. The number of unbranched alkanes of at least 4 members (excludes halogenated alkanes) is 1. The van der Waals surface area contributed by atoms with Gasteiger partial charge in [0.1, 0.15) is 23.6 Å². The number of nitrogens with zero attached hydrogens (tertiary/aromatic N) is 3. The van der Waals surface area contributed by atoms with Crippen molar-refractivity contribution in [3.8, 4) is 5.75 Å². The van der Waals surface area contributed by atoms with E-state index in [0.29, 0.717) is 23.1 Å². The van der Waals surface area contributed by atoms with Crippen molar-refractivity contribution in [2.24, 2.45) is 0 Å². The lowest BCUT2D eigenvalue weighted by Gasteiger charge is -2.12. The molecule has 2 aromatic heterocycles. The maximum Gasteiger partial charge on any atom is 0.160 e. The minimum Gasteiger partial charge on any atom is -0.494 e. The van der Waals surface area contributed by atoms with Crippen LogP contribution in [0, 0.1) is 0 Å². The molecule has 0 aliphatic carbocycles. The zero-order valence-corrected chi connectivity index (χ0v) is 16.5. The molecule has 0 aliphatic heterocycles. The van der Waals surface area contributed by atoms with Crippen molar-refractivity contribution in [2.75, 3.05) is 23.0 Å². The summed E-state index contributed by atoms with van der Waals surface area (Å²) in [6, 6.07) is 11.4. The molecule has 0 spiro atoms. The molecule has 0 atom stereocenters. The van der Waals surface area contributed by atoms with Gasteiger partial charge < -0.3 is 21.1 Å². The second-order valence-corrected chi connectivity index (χ2v) is 6.74. The Morgan fingerprint density at radius 3 is 2.41 bits per heavy atom. The molecule has 7 nitrogen and oxygen atoms in total. The average Bonchev–Trinajstić information content (AvgIpc) is 2.68. The van der Waals surface area contributed by atoms with Crippen LogP contribution in [0.25, 0.3) is 0 Å². The second-order valence-electron chi connectivity index (χ2n) is 5.82. The number of nitrogens with one attached hydrogen (secondary N) is 2. The van der Waals surface area contributed by atoms with Crippen molar-refractivity contribution in [1.82, 2.24) is 15.0 Å². The third-order valence-corrected chi connectivity index (χ3v) is 4.21. The van der Waals surface area contributed by atoms with E-state index in [4.69, 9.17) is 10.5 Å². The number of hydrogen-bond donors (Lipinski definition) is 3. The van der Waals surface area contributed by atoms with E-state index in [9.17, 15) is 0 Å². The molecule has 27 heavy (non-hydrogen) atoms. The van der Waals surface area contributed by atoms with Gasteiger partial charge in [-0.1, -0.05) is 13.3 Å². The van der Waals surface area contributed by atoms with Crippen LogP contribution in [-0.2, 0) is 0 Å². The van der Waals surface area contributed by atoms with Gasteiger partial charge in [0, 0.05) is 16.4 Å². The molecule has 8 heteroatoms. The number of nitrogens with two attached hydrogens (primary N) is 1. The van der Waals surface area contributed by atoms with E-state index in [0.717, 1.165) is 35.4 Å². The van der Waals surface area contributed by atoms with Crippen LogP contribution in [0.4, 0.5) is 28.8 Å². The van der Waals surface area contributed by atoms with Gasteiger partial charge in [-0.05, 0) is 58.7 Å². The molecule has 0 fully saturated rings. The van der Waals surface area contributed by atoms with Crippen LogP contribution < -0.4 is 21.1 Å². The highest BCUT2D eigenvalue weighted by atomic mass is 79.9. The van der Waals surface area contributed by atoms with Gasteiger partial charge in [-0.2, -0.15) is 0 Å². The minimum absolute atomic E-state index is 0.408. The number of hydrogen-bond acceptors (Lipinski definition) is 7. The smallest absolute Gasteiger partial charge is 0.160 e. The second kappa shape index (κ2) is 9.18. The van der Waals surface area contributed by atoms with Crippen molar-refractivity contribution in [3.63, 3.8) is 0 Å². The van der Waals surface area contributed by atoms with Crippen LogP contribution in [0.2, 0.25) is 0 Å². The molecule has 140 valence electrons. The topological polar surface area (TPSA) is 98.0 Å². The quantitative estimate of drug-likeness (QED) is 0.439. The normalized spacial score (nSPS) is 10.4. The van der Waals surface area contributed by atoms with E-state index in [1.54, 1.807) is 6.20 Å². The molecule has 4 N–H and O–H groups in total. The molecule has 0 aliphatic rings. The van der Waals surface area contributed by atoms with Gasteiger partial charge in [-0.25, -0.2) is 15.0 Å². The van der Waals surface area contributed by atoms with E-state index in [2.05, 4.69) is 48.4 Å². The summed E-state index contributed by atoms with van der Waals surface area (Å²) in [7, 11) is 0. The Morgan fingerprint density at radius 1 is 1.00 bits per heavy atom. The summed E-state index contributed by atoms with van der Waals surface area (Å²) in [5.74, 6) is 2.49. The number of halogens is 1. The molecule has 1 aromatic carbocycles. The first-order valence-electron chi connectivity index (χ1n) is 8.64. The Morgan fingerprint density at radius 2 is 1.74 bits per heavy atom. The van der Waals surface area contributed by atoms with Crippen molar-refractivity contribution >= 4 is 44.8 Å². The highest BCUT2D eigenvalue weighted by molar-refractivity contribution is 9.10. The molecule has 0 radical (unpaired) electrons. The molecule has 0 saturated heterocycles. The van der Waals surface area contributed by atoms with E-state index in [1.807, 2.05) is 36.4 Å². The molecule has 3 rings (SSSR count). The van der Waals surface area contributed by atoms with Gasteiger partial charge in [-0.15, -0.1) is 0 Å². The van der Waals surface area contributed by atoms with Gasteiger partial charge in [0.25, 0.3) is 0 Å². The lowest BCUT2D eigenvalue weighted by Crippen LogP contribution is -2.05. The predicted molar refractivity (Wildman–Crippen MR) is 112 cm³/mol. The summed E-state index contributed by atoms with van der Waals surface area (Å²) in [6.07, 6.45) is 5.30. The number of pyridine rings is 1. The van der Waals surface area contributed by atoms with E-state index in [1.165, 1.54) is 6.33 Å². The van der Waals surface area contributed by atoms with E-state index < -0.39 is 0 Å². The Hall–Kier alpha value is -2.87. The van der Waals surface area contributed by atoms with Gasteiger partial charge in [0.05, 0.1) is 6.61 Å². The van der Waals surface area contributed by atoms with Crippen LogP contribution in [0.1, 0.15) is 19.8 Å². The summed E-state index contributed by atoms with van der Waals surface area (Å²) < 4.78 is 6.57. The summed E-state index contributed by atoms with van der Waals surface area (Å²) in [5.41, 5.74) is 7.47. The Balaban J connectivity index is 1.69. The molecule has 0 unspecified atom stereocenters. The molecular weight excluding hydrogens is 408 g/mol. The third kappa shape index (κ3) is 5.30. The fourth-order valence-electron chi connectivity index (χ4n) is 2.27. The predicted octanol–water partition coefficient (Wildman–Crippen LogP) is 4.88. The van der Waals surface area contributed by atoms with Crippen molar-refractivity contribution in [2.45, 2.75) is 19.8 Å². The van der Waals surface area contributed by atoms with Crippen LogP contribution in [0.3, 0.4) is 0 Å². The summed E-state index contributed by atoms with van der Waals surface area (Å²) in [4.78, 5) is 12.7. The maximum atomic E-state index is 6.21.